The molecule has 4 aromatic rings. The Kier molecular flexibility index (Phi) is 5.65. The zero-order chi connectivity index (χ0) is 22.8. The van der Waals surface area contributed by atoms with Crippen LogP contribution in [0.15, 0.2) is 78.9 Å². The molecule has 0 bridgehead atoms. The van der Waals surface area contributed by atoms with Crippen molar-refractivity contribution in [2.45, 2.75) is 20.8 Å². The largest absolute Gasteiger partial charge is 0.508 e. The maximum absolute atomic E-state index is 10.3. The summed E-state index contributed by atoms with van der Waals surface area (Å²) in [6.07, 6.45) is 0. The zero-order valence-electron chi connectivity index (χ0n) is 18.2. The van der Waals surface area contributed by atoms with Gasteiger partial charge in [-0.25, -0.2) is 0 Å². The van der Waals surface area contributed by atoms with Crippen molar-refractivity contribution in [2.75, 3.05) is 4.90 Å². The first-order valence-corrected chi connectivity index (χ1v) is 10.3. The lowest BCUT2D eigenvalue weighted by molar-refractivity contribution is 0.454. The van der Waals surface area contributed by atoms with Gasteiger partial charge in [-0.15, -0.1) is 0 Å². The molecule has 5 nitrogen and oxygen atoms in total. The molecule has 0 fully saturated rings. The second-order valence-electron chi connectivity index (χ2n) is 7.88. The van der Waals surface area contributed by atoms with Crippen molar-refractivity contribution in [3.63, 3.8) is 0 Å². The van der Waals surface area contributed by atoms with Gasteiger partial charge in [0, 0.05) is 41.3 Å². The average Bonchev–Trinajstić information content (AvgIpc) is 2.73. The molecule has 0 aliphatic heterocycles. The van der Waals surface area contributed by atoms with Crippen LogP contribution in [0.4, 0.5) is 17.1 Å². The van der Waals surface area contributed by atoms with E-state index >= 15 is 0 Å². The molecule has 162 valence electrons. The number of hydrogen-bond acceptors (Lipinski definition) is 5. The Hall–Kier alpha value is -4.12. The fourth-order valence-electron chi connectivity index (χ4n) is 3.53. The Labute approximate surface area is 187 Å². The van der Waals surface area contributed by atoms with Crippen LogP contribution in [-0.4, -0.2) is 15.3 Å². The smallest absolute Gasteiger partial charge is 0.131 e. The standard InChI is InChI=1S/C27H25NO4/c1-17-11-23(29)16-25(12-17)32-24-6-4-5-20(13-24)28(21-9-7-18(2)26(30)14-21)22-10-8-19(3)27(31)15-22/h4-16,29-31H,1-3H3. The van der Waals surface area contributed by atoms with Crippen molar-refractivity contribution in [1.82, 2.24) is 0 Å². The summed E-state index contributed by atoms with van der Waals surface area (Å²) in [5, 5.41) is 30.5. The first-order valence-electron chi connectivity index (χ1n) is 10.3. The predicted molar refractivity (Wildman–Crippen MR) is 127 cm³/mol. The fourth-order valence-corrected chi connectivity index (χ4v) is 3.53. The van der Waals surface area contributed by atoms with Gasteiger partial charge in [-0.1, -0.05) is 18.2 Å². The van der Waals surface area contributed by atoms with E-state index in [-0.39, 0.29) is 17.2 Å². The van der Waals surface area contributed by atoms with E-state index in [1.807, 2.05) is 80.3 Å². The number of aryl methyl sites for hydroxylation is 3. The minimum Gasteiger partial charge on any atom is -0.508 e. The maximum Gasteiger partial charge on any atom is 0.131 e. The SMILES string of the molecule is Cc1cc(O)cc(Oc2cccc(N(c3ccc(C)c(O)c3)c3ccc(C)c(O)c3)c2)c1. The molecule has 0 heterocycles. The summed E-state index contributed by atoms with van der Waals surface area (Å²) in [6, 6.07) is 23.5. The van der Waals surface area contributed by atoms with Crippen molar-refractivity contribution >= 4 is 17.1 Å². The Morgan fingerprint density at radius 1 is 0.594 bits per heavy atom. The maximum atomic E-state index is 10.3. The molecule has 0 aliphatic rings. The van der Waals surface area contributed by atoms with Gasteiger partial charge in [0.2, 0.25) is 0 Å². The van der Waals surface area contributed by atoms with Crippen molar-refractivity contribution in [1.29, 1.82) is 0 Å². The van der Waals surface area contributed by atoms with Crippen LogP contribution >= 0.6 is 0 Å². The third-order valence-electron chi connectivity index (χ3n) is 5.25. The highest BCUT2D eigenvalue weighted by molar-refractivity contribution is 5.79. The summed E-state index contributed by atoms with van der Waals surface area (Å²) >= 11 is 0. The third kappa shape index (κ3) is 4.47. The molecule has 5 heteroatoms. The Morgan fingerprint density at radius 2 is 1.19 bits per heavy atom. The van der Waals surface area contributed by atoms with Gasteiger partial charge in [-0.2, -0.15) is 0 Å². The highest BCUT2D eigenvalue weighted by Crippen LogP contribution is 2.40. The number of benzene rings is 4. The summed E-state index contributed by atoms with van der Waals surface area (Å²) in [6.45, 7) is 5.57. The molecule has 0 amide bonds. The predicted octanol–water partition coefficient (Wildman–Crippen LogP) is 6.99. The Bertz CT molecular complexity index is 1210. The number of nitrogens with zero attached hydrogens (tertiary/aromatic N) is 1. The second-order valence-corrected chi connectivity index (χ2v) is 7.88. The molecule has 0 aromatic heterocycles. The van der Waals surface area contributed by atoms with Gasteiger partial charge in [0.05, 0.1) is 0 Å². The van der Waals surface area contributed by atoms with Crippen LogP contribution in [0, 0.1) is 20.8 Å². The topological polar surface area (TPSA) is 73.2 Å². The molecular weight excluding hydrogens is 402 g/mol. The molecule has 4 aromatic carbocycles. The molecular formula is C27H25NO4. The van der Waals surface area contributed by atoms with Gasteiger partial charge in [-0.05, 0) is 73.9 Å². The van der Waals surface area contributed by atoms with Crippen molar-refractivity contribution in [3.05, 3.63) is 95.6 Å². The molecule has 0 saturated heterocycles. The van der Waals surface area contributed by atoms with Crippen LogP contribution in [0.2, 0.25) is 0 Å². The first kappa shape index (κ1) is 21.1. The number of anilines is 3. The van der Waals surface area contributed by atoms with Crippen molar-refractivity contribution < 1.29 is 20.1 Å². The van der Waals surface area contributed by atoms with Crippen LogP contribution in [0.3, 0.4) is 0 Å². The second kappa shape index (κ2) is 8.55. The number of hydrogen-bond donors (Lipinski definition) is 3. The summed E-state index contributed by atoms with van der Waals surface area (Å²) in [5.41, 5.74) is 4.70. The molecule has 32 heavy (non-hydrogen) atoms. The molecule has 0 aliphatic carbocycles. The minimum absolute atomic E-state index is 0.142. The molecule has 3 N–H and O–H groups in total. The van der Waals surface area contributed by atoms with E-state index in [1.54, 1.807) is 24.3 Å². The number of phenolic OH excluding ortho intramolecular Hbond substituents is 3. The highest BCUT2D eigenvalue weighted by Gasteiger charge is 2.16. The van der Waals surface area contributed by atoms with Crippen molar-refractivity contribution in [2.24, 2.45) is 0 Å². The van der Waals surface area contributed by atoms with Gasteiger partial charge in [0.15, 0.2) is 0 Å². The van der Waals surface area contributed by atoms with Gasteiger partial charge in [0.25, 0.3) is 0 Å². The van der Waals surface area contributed by atoms with Crippen LogP contribution in [-0.2, 0) is 0 Å². The lowest BCUT2D eigenvalue weighted by atomic mass is 10.1. The highest BCUT2D eigenvalue weighted by atomic mass is 16.5. The Balaban J connectivity index is 1.79. The van der Waals surface area contributed by atoms with Gasteiger partial charge < -0.3 is 25.0 Å². The molecule has 0 saturated carbocycles. The van der Waals surface area contributed by atoms with E-state index in [0.717, 1.165) is 33.8 Å². The van der Waals surface area contributed by atoms with E-state index in [0.29, 0.717) is 11.5 Å². The summed E-state index contributed by atoms with van der Waals surface area (Å²) in [4.78, 5) is 1.93. The normalized spacial score (nSPS) is 10.7. The molecule has 0 spiro atoms. The summed E-state index contributed by atoms with van der Waals surface area (Å²) in [7, 11) is 0. The van der Waals surface area contributed by atoms with Crippen molar-refractivity contribution in [3.8, 4) is 28.7 Å². The summed E-state index contributed by atoms with van der Waals surface area (Å²) in [5.74, 6) is 1.64. The van der Waals surface area contributed by atoms with E-state index < -0.39 is 0 Å². The van der Waals surface area contributed by atoms with Crippen LogP contribution in [0.5, 0.6) is 28.7 Å². The molecule has 0 unspecified atom stereocenters. The number of phenols is 3. The lowest BCUT2D eigenvalue weighted by Crippen LogP contribution is -2.10. The quantitative estimate of drug-likeness (QED) is 0.320. The van der Waals surface area contributed by atoms with Crippen LogP contribution in [0.1, 0.15) is 16.7 Å². The third-order valence-corrected chi connectivity index (χ3v) is 5.25. The lowest BCUT2D eigenvalue weighted by Gasteiger charge is -2.26. The monoisotopic (exact) mass is 427 g/mol. The minimum atomic E-state index is 0.142. The number of rotatable bonds is 5. The summed E-state index contributed by atoms with van der Waals surface area (Å²) < 4.78 is 6.00. The first-order chi connectivity index (χ1) is 15.3. The van der Waals surface area contributed by atoms with Gasteiger partial charge in [0.1, 0.15) is 28.7 Å². The average molecular weight is 428 g/mol. The van der Waals surface area contributed by atoms with E-state index in [9.17, 15) is 15.3 Å². The molecule has 4 rings (SSSR count). The number of aromatic hydroxyl groups is 3. The molecule has 0 radical (unpaired) electrons. The van der Waals surface area contributed by atoms with E-state index in [4.69, 9.17) is 4.74 Å². The number of ether oxygens (including phenoxy) is 1. The Morgan fingerprint density at radius 3 is 1.75 bits per heavy atom. The fraction of sp³-hybridized carbons (Fsp3) is 0.111. The van der Waals surface area contributed by atoms with Crippen LogP contribution in [0.25, 0.3) is 0 Å². The molecule has 0 atom stereocenters. The van der Waals surface area contributed by atoms with Gasteiger partial charge >= 0.3 is 0 Å². The van der Waals surface area contributed by atoms with Gasteiger partial charge in [-0.3, -0.25) is 0 Å². The van der Waals surface area contributed by atoms with E-state index in [1.165, 1.54) is 0 Å². The van der Waals surface area contributed by atoms with Crippen LogP contribution < -0.4 is 9.64 Å². The van der Waals surface area contributed by atoms with E-state index in [2.05, 4.69) is 0 Å². The zero-order valence-corrected chi connectivity index (χ0v) is 18.2.